The Kier molecular flexibility index (Phi) is 3.46. The summed E-state index contributed by atoms with van der Waals surface area (Å²) in [6.07, 6.45) is 7.67. The average Bonchev–Trinajstić information content (AvgIpc) is 2.54. The van der Waals surface area contributed by atoms with E-state index in [1.54, 1.807) is 0 Å². The lowest BCUT2D eigenvalue weighted by Gasteiger charge is -2.20. The fourth-order valence-electron chi connectivity index (χ4n) is 2.47. The molecule has 2 atom stereocenters. The van der Waals surface area contributed by atoms with E-state index >= 15 is 0 Å². The van der Waals surface area contributed by atoms with Gasteiger partial charge in [0.2, 0.25) is 0 Å². The van der Waals surface area contributed by atoms with Crippen molar-refractivity contribution in [1.82, 2.24) is 0 Å². The van der Waals surface area contributed by atoms with E-state index < -0.39 is 0 Å². The van der Waals surface area contributed by atoms with E-state index in [1.807, 2.05) is 0 Å². The van der Waals surface area contributed by atoms with Crippen molar-refractivity contribution in [2.45, 2.75) is 39.5 Å². The van der Waals surface area contributed by atoms with Crippen LogP contribution in [0.25, 0.3) is 0 Å². The van der Waals surface area contributed by atoms with E-state index in [-0.39, 0.29) is 23.8 Å². The van der Waals surface area contributed by atoms with Gasteiger partial charge in [-0.25, -0.2) is 0 Å². The maximum Gasteiger partial charge on any atom is 0.317 e. The Labute approximate surface area is 102 Å². The molecule has 92 valence electrons. The van der Waals surface area contributed by atoms with Crippen molar-refractivity contribution in [2.24, 2.45) is 11.8 Å². The van der Waals surface area contributed by atoms with Gasteiger partial charge in [-0.1, -0.05) is 23.3 Å². The van der Waals surface area contributed by atoms with Crippen molar-refractivity contribution in [2.75, 3.05) is 0 Å². The number of ether oxygens (including phenoxy) is 1. The first kappa shape index (κ1) is 12.1. The van der Waals surface area contributed by atoms with Crippen molar-refractivity contribution in [1.29, 1.82) is 0 Å². The van der Waals surface area contributed by atoms with Crippen LogP contribution in [0.5, 0.6) is 0 Å². The first-order chi connectivity index (χ1) is 8.08. The van der Waals surface area contributed by atoms with E-state index in [2.05, 4.69) is 30.7 Å². The molecule has 3 heteroatoms. The van der Waals surface area contributed by atoms with Gasteiger partial charge in [0.15, 0.2) is 0 Å². The maximum atomic E-state index is 11.5. The Hall–Kier alpha value is -1.38. The minimum Gasteiger partial charge on any atom is -0.393 e. The highest BCUT2D eigenvalue weighted by Gasteiger charge is 2.45. The highest BCUT2D eigenvalue weighted by Crippen LogP contribution is 2.37. The van der Waals surface area contributed by atoms with Gasteiger partial charge in [0.25, 0.3) is 0 Å². The summed E-state index contributed by atoms with van der Waals surface area (Å²) in [5.41, 5.74) is 2.60. The summed E-state index contributed by atoms with van der Waals surface area (Å²) >= 11 is 0. The van der Waals surface area contributed by atoms with Crippen molar-refractivity contribution >= 4 is 11.9 Å². The minimum absolute atomic E-state index is 0.213. The molecule has 3 nitrogen and oxygen atoms in total. The third-order valence-corrected chi connectivity index (χ3v) is 3.45. The van der Waals surface area contributed by atoms with Crippen LogP contribution < -0.4 is 0 Å². The molecule has 0 spiro atoms. The second-order valence-electron chi connectivity index (χ2n) is 5.08. The number of hydrogen-bond acceptors (Lipinski definition) is 3. The molecule has 1 aliphatic carbocycles. The summed E-state index contributed by atoms with van der Waals surface area (Å²) in [6, 6.07) is 0. The molecule has 2 rings (SSSR count). The van der Waals surface area contributed by atoms with Crippen molar-refractivity contribution in [3.8, 4) is 0 Å². The van der Waals surface area contributed by atoms with E-state index in [4.69, 9.17) is 0 Å². The quantitative estimate of drug-likeness (QED) is 0.428. The van der Waals surface area contributed by atoms with Crippen molar-refractivity contribution < 1.29 is 14.3 Å². The molecule has 0 aromatic heterocycles. The summed E-state index contributed by atoms with van der Waals surface area (Å²) < 4.78 is 4.68. The molecule has 1 fully saturated rings. The van der Waals surface area contributed by atoms with Gasteiger partial charge < -0.3 is 4.74 Å². The summed E-state index contributed by atoms with van der Waals surface area (Å²) in [5, 5.41) is 0. The van der Waals surface area contributed by atoms with E-state index in [0.717, 1.165) is 12.8 Å². The first-order valence-electron chi connectivity index (χ1n) is 6.14. The first-order valence-corrected chi connectivity index (χ1v) is 6.14. The van der Waals surface area contributed by atoms with E-state index in [0.29, 0.717) is 12.8 Å². The van der Waals surface area contributed by atoms with Crippen molar-refractivity contribution in [3.05, 3.63) is 23.3 Å². The largest absolute Gasteiger partial charge is 0.393 e. The predicted molar refractivity (Wildman–Crippen MR) is 64.1 cm³/mol. The number of cyclic esters (lactones) is 2. The Morgan fingerprint density at radius 1 is 1.35 bits per heavy atom. The van der Waals surface area contributed by atoms with Crippen LogP contribution in [0.2, 0.25) is 0 Å². The third-order valence-electron chi connectivity index (χ3n) is 3.45. The summed E-state index contributed by atoms with van der Waals surface area (Å²) in [5.74, 6) is -1.09. The molecule has 1 aliphatic heterocycles. The second-order valence-corrected chi connectivity index (χ2v) is 5.08. The van der Waals surface area contributed by atoms with Gasteiger partial charge in [0, 0.05) is 0 Å². The van der Waals surface area contributed by atoms with Gasteiger partial charge in [-0.2, -0.15) is 0 Å². The SMILES string of the molecule is CC(C)=CCCC1=CC[C@@H]2C(=O)OC(=O)[C@H]2C1. The smallest absolute Gasteiger partial charge is 0.317 e. The van der Waals surface area contributed by atoms with Crippen LogP contribution in [0.3, 0.4) is 0 Å². The van der Waals surface area contributed by atoms with Crippen LogP contribution in [-0.2, 0) is 14.3 Å². The normalized spacial score (nSPS) is 27.3. The monoisotopic (exact) mass is 234 g/mol. The van der Waals surface area contributed by atoms with Crippen LogP contribution in [0.1, 0.15) is 39.5 Å². The van der Waals surface area contributed by atoms with Gasteiger partial charge in [-0.3, -0.25) is 9.59 Å². The molecular weight excluding hydrogens is 216 g/mol. The molecule has 0 unspecified atom stereocenters. The summed E-state index contributed by atoms with van der Waals surface area (Å²) in [7, 11) is 0. The zero-order valence-electron chi connectivity index (χ0n) is 10.4. The molecule has 0 N–H and O–H groups in total. The van der Waals surface area contributed by atoms with Crippen LogP contribution >= 0.6 is 0 Å². The molecule has 1 heterocycles. The topological polar surface area (TPSA) is 43.4 Å². The van der Waals surface area contributed by atoms with Gasteiger partial charge in [-0.05, 0) is 39.5 Å². The van der Waals surface area contributed by atoms with Gasteiger partial charge >= 0.3 is 11.9 Å². The second kappa shape index (κ2) is 4.86. The van der Waals surface area contributed by atoms with E-state index in [9.17, 15) is 9.59 Å². The molecule has 0 radical (unpaired) electrons. The molecule has 17 heavy (non-hydrogen) atoms. The lowest BCUT2D eigenvalue weighted by Crippen LogP contribution is -2.21. The number of rotatable bonds is 3. The van der Waals surface area contributed by atoms with Crippen LogP contribution in [0.15, 0.2) is 23.3 Å². The molecule has 0 amide bonds. The van der Waals surface area contributed by atoms with Crippen LogP contribution in [-0.4, -0.2) is 11.9 Å². The molecule has 0 bridgehead atoms. The molecule has 2 aliphatic rings. The Morgan fingerprint density at radius 2 is 2.06 bits per heavy atom. The number of carbonyl (C=O) groups excluding carboxylic acids is 2. The van der Waals surface area contributed by atoms with Crippen LogP contribution in [0.4, 0.5) is 0 Å². The summed E-state index contributed by atoms with van der Waals surface area (Å²) in [6.45, 7) is 4.16. The average molecular weight is 234 g/mol. The molecule has 1 saturated heterocycles. The summed E-state index contributed by atoms with van der Waals surface area (Å²) in [4.78, 5) is 22.8. The molecule has 0 saturated carbocycles. The van der Waals surface area contributed by atoms with Crippen molar-refractivity contribution in [3.63, 3.8) is 0 Å². The Balaban J connectivity index is 1.95. The Morgan fingerprint density at radius 3 is 2.76 bits per heavy atom. The number of fused-ring (bicyclic) bond motifs is 1. The maximum absolute atomic E-state index is 11.5. The highest BCUT2D eigenvalue weighted by atomic mass is 16.6. The predicted octanol–water partition coefficient (Wildman–Crippen LogP) is 2.77. The third kappa shape index (κ3) is 2.65. The standard InChI is InChI=1S/C14H18O3/c1-9(2)4-3-5-10-6-7-11-12(8-10)14(16)17-13(11)15/h4,6,11-12H,3,5,7-8H2,1-2H3/t11-,12-/m0/s1. The fraction of sp³-hybridized carbons (Fsp3) is 0.571. The zero-order valence-corrected chi connectivity index (χ0v) is 10.4. The minimum atomic E-state index is -0.334. The molecular formula is C14H18O3. The molecule has 0 aromatic rings. The lowest BCUT2D eigenvalue weighted by molar-refractivity contribution is -0.153. The van der Waals surface area contributed by atoms with Gasteiger partial charge in [0.05, 0.1) is 11.8 Å². The number of carbonyl (C=O) groups is 2. The molecule has 0 aromatic carbocycles. The van der Waals surface area contributed by atoms with E-state index in [1.165, 1.54) is 11.1 Å². The van der Waals surface area contributed by atoms with Crippen LogP contribution in [0, 0.1) is 11.8 Å². The fourth-order valence-corrected chi connectivity index (χ4v) is 2.47. The zero-order chi connectivity index (χ0) is 12.4. The highest BCUT2D eigenvalue weighted by molar-refractivity contribution is 5.96. The number of hydrogen-bond donors (Lipinski definition) is 0. The number of esters is 2. The van der Waals surface area contributed by atoms with Gasteiger partial charge in [0.1, 0.15) is 0 Å². The lowest BCUT2D eigenvalue weighted by atomic mass is 9.80. The van der Waals surface area contributed by atoms with Gasteiger partial charge in [-0.15, -0.1) is 0 Å². The Bertz CT molecular complexity index is 400. The number of allylic oxidation sites excluding steroid dienone is 4.